The topological polar surface area (TPSA) is 120 Å². The van der Waals surface area contributed by atoms with Crippen molar-refractivity contribution >= 4 is 44.6 Å². The first-order chi connectivity index (χ1) is 19.7. The van der Waals surface area contributed by atoms with Crippen LogP contribution in [0, 0.1) is 11.3 Å². The first-order valence-corrected chi connectivity index (χ1v) is 15.0. The van der Waals surface area contributed by atoms with Gasteiger partial charge in [-0.15, -0.1) is 0 Å². The van der Waals surface area contributed by atoms with Crippen molar-refractivity contribution < 1.29 is 27.1 Å². The Balaban J connectivity index is 1.83. The number of nitriles is 1. The van der Waals surface area contributed by atoms with Gasteiger partial charge in [0.05, 0.1) is 47.1 Å². The molecule has 1 N–H and O–H groups in total. The summed E-state index contributed by atoms with van der Waals surface area (Å²) >= 11 is 0. The zero-order valence-corrected chi connectivity index (χ0v) is 24.4. The van der Waals surface area contributed by atoms with Crippen LogP contribution in [0.1, 0.15) is 49.4 Å². The molecule has 10 nitrogen and oxygen atoms in total. The van der Waals surface area contributed by atoms with Crippen LogP contribution in [0.15, 0.2) is 65.9 Å². The number of allylic oxidation sites excluding steroid dienone is 3. The molecule has 11 heteroatoms. The van der Waals surface area contributed by atoms with Gasteiger partial charge in [0.2, 0.25) is 0 Å². The monoisotopic (exact) mass is 576 g/mol. The van der Waals surface area contributed by atoms with Crippen LogP contribution in [-0.2, 0) is 27.9 Å². The van der Waals surface area contributed by atoms with E-state index in [1.54, 1.807) is 19.1 Å². The van der Waals surface area contributed by atoms with Crippen LogP contribution in [0.2, 0.25) is 0 Å². The van der Waals surface area contributed by atoms with Crippen molar-refractivity contribution in [2.45, 2.75) is 40.8 Å². The highest BCUT2D eigenvalue weighted by Gasteiger charge is 2.29. The number of carbonyl (C=O) groups excluding carboxylic acids is 1. The molecule has 0 aliphatic carbocycles. The Labute approximate surface area is 240 Å². The first-order valence-electron chi connectivity index (χ1n) is 13.5. The molecule has 2 aromatic carbocycles. The standard InChI is InChI=1S/C30H33N5O5S/c1-5-32-24-15-13-22(21-31)19-26(24)34(7-3)28(32)11-9-12-29-33(6-2)25-16-14-23(30(36)40-8-4)20-27(25)35(29)17-10-18-41(37,38)39/h9-16,18-20H,5-8,17H2,1-4H3/p+1. The molecule has 0 atom stereocenters. The van der Waals surface area contributed by atoms with Crippen LogP contribution < -0.4 is 14.4 Å². The van der Waals surface area contributed by atoms with Crippen molar-refractivity contribution in [1.29, 1.82) is 5.26 Å². The molecule has 1 aliphatic rings. The van der Waals surface area contributed by atoms with E-state index in [0.717, 1.165) is 40.5 Å². The Kier molecular flexibility index (Phi) is 8.95. The third-order valence-corrected chi connectivity index (χ3v) is 7.39. The highest BCUT2D eigenvalue weighted by molar-refractivity contribution is 7.88. The highest BCUT2D eigenvalue weighted by Crippen LogP contribution is 2.41. The Morgan fingerprint density at radius 1 is 1.07 bits per heavy atom. The molecule has 4 rings (SSSR count). The fraction of sp³-hybridized carbons (Fsp3) is 0.300. The van der Waals surface area contributed by atoms with Crippen LogP contribution in [0.25, 0.3) is 17.1 Å². The van der Waals surface area contributed by atoms with E-state index in [1.165, 1.54) is 6.08 Å². The second-order valence-corrected chi connectivity index (χ2v) is 10.5. The number of hydrogen-bond donors (Lipinski definition) is 1. The minimum Gasteiger partial charge on any atom is -0.462 e. The lowest BCUT2D eigenvalue weighted by Crippen LogP contribution is -2.35. The molecule has 0 saturated heterocycles. The summed E-state index contributed by atoms with van der Waals surface area (Å²) in [5, 5.41) is 10.2. The molecular weight excluding hydrogens is 542 g/mol. The number of carbonyl (C=O) groups is 1. The number of imidazole rings is 1. The molecule has 2 heterocycles. The zero-order chi connectivity index (χ0) is 29.7. The Hall–Kier alpha value is -4.40. The van der Waals surface area contributed by atoms with E-state index in [2.05, 4.69) is 34.3 Å². The fourth-order valence-corrected chi connectivity index (χ4v) is 5.50. The number of aromatic nitrogens is 2. The molecule has 1 aromatic heterocycles. The van der Waals surface area contributed by atoms with E-state index in [1.807, 2.05) is 54.0 Å². The average Bonchev–Trinajstić information content (AvgIpc) is 3.42. The Morgan fingerprint density at radius 2 is 1.80 bits per heavy atom. The van der Waals surface area contributed by atoms with E-state index >= 15 is 0 Å². The maximum absolute atomic E-state index is 12.5. The molecule has 3 aromatic rings. The molecule has 0 bridgehead atoms. The lowest BCUT2D eigenvalue weighted by atomic mass is 10.2. The van der Waals surface area contributed by atoms with Gasteiger partial charge in [-0.25, -0.2) is 13.9 Å². The van der Waals surface area contributed by atoms with Gasteiger partial charge in [0, 0.05) is 25.2 Å². The SMILES string of the molecule is CCOC(=O)c1ccc2c(c1)n(CC=CS(=O)(=O)O)c(C=CC=C1N(CC)c3ccc(C#N)cc3N1CC)[n+]2CC. The summed E-state index contributed by atoms with van der Waals surface area (Å²) in [6.45, 7) is 10.3. The summed E-state index contributed by atoms with van der Waals surface area (Å²) in [5.41, 5.74) is 4.57. The summed E-state index contributed by atoms with van der Waals surface area (Å²) in [4.78, 5) is 16.8. The number of hydrogen-bond acceptors (Lipinski definition) is 7. The van der Waals surface area contributed by atoms with Crippen molar-refractivity contribution in [3.8, 4) is 6.07 Å². The number of aryl methyl sites for hydroxylation is 1. The minimum atomic E-state index is -4.30. The summed E-state index contributed by atoms with van der Waals surface area (Å²) in [7, 11) is -4.30. The molecule has 0 saturated carbocycles. The third-order valence-electron chi connectivity index (χ3n) is 6.86. The van der Waals surface area contributed by atoms with Crippen molar-refractivity contribution in [3.05, 3.63) is 82.8 Å². The summed E-state index contributed by atoms with van der Waals surface area (Å²) in [6.07, 6.45) is 7.25. The largest absolute Gasteiger partial charge is 0.462 e. The predicted octanol–water partition coefficient (Wildman–Crippen LogP) is 4.62. The zero-order valence-electron chi connectivity index (χ0n) is 23.6. The number of ether oxygens (including phenoxy) is 1. The van der Waals surface area contributed by atoms with E-state index in [9.17, 15) is 23.0 Å². The van der Waals surface area contributed by atoms with Crippen LogP contribution in [0.5, 0.6) is 0 Å². The van der Waals surface area contributed by atoms with Gasteiger partial charge in [-0.1, -0.05) is 6.08 Å². The van der Waals surface area contributed by atoms with Crippen LogP contribution in [-0.4, -0.2) is 43.2 Å². The smallest absolute Gasteiger partial charge is 0.338 e. The minimum absolute atomic E-state index is 0.135. The van der Waals surface area contributed by atoms with Crippen LogP contribution in [0.4, 0.5) is 11.4 Å². The van der Waals surface area contributed by atoms with Gasteiger partial charge < -0.3 is 14.5 Å². The molecule has 0 radical (unpaired) electrons. The maximum atomic E-state index is 12.5. The van der Waals surface area contributed by atoms with Crippen molar-refractivity contribution in [2.24, 2.45) is 0 Å². The molecule has 0 unspecified atom stereocenters. The summed E-state index contributed by atoms with van der Waals surface area (Å²) in [6, 6.07) is 13.2. The van der Waals surface area contributed by atoms with E-state index < -0.39 is 16.1 Å². The molecule has 214 valence electrons. The van der Waals surface area contributed by atoms with Gasteiger partial charge >= 0.3 is 5.97 Å². The first kappa shape index (κ1) is 29.6. The third kappa shape index (κ3) is 6.04. The summed E-state index contributed by atoms with van der Waals surface area (Å²) < 4.78 is 41.1. The molecule has 0 amide bonds. The molecule has 41 heavy (non-hydrogen) atoms. The number of nitrogens with zero attached hydrogens (tertiary/aromatic N) is 5. The van der Waals surface area contributed by atoms with Crippen LogP contribution in [0.3, 0.4) is 0 Å². The molecule has 0 fully saturated rings. The number of benzene rings is 2. The van der Waals surface area contributed by atoms with Crippen molar-refractivity contribution in [2.75, 3.05) is 29.5 Å². The number of rotatable bonds is 10. The van der Waals surface area contributed by atoms with E-state index in [4.69, 9.17) is 4.74 Å². The van der Waals surface area contributed by atoms with Gasteiger partial charge in [-0.2, -0.15) is 13.7 Å². The van der Waals surface area contributed by atoms with Gasteiger partial charge in [0.15, 0.2) is 11.0 Å². The van der Waals surface area contributed by atoms with Crippen molar-refractivity contribution in [3.63, 3.8) is 0 Å². The molecular formula is C30H34N5O5S+. The van der Waals surface area contributed by atoms with Gasteiger partial charge in [-0.3, -0.25) is 4.55 Å². The number of fused-ring (bicyclic) bond motifs is 2. The number of anilines is 2. The van der Waals surface area contributed by atoms with E-state index in [-0.39, 0.29) is 13.2 Å². The van der Waals surface area contributed by atoms with Gasteiger partial charge in [-0.05, 0) is 70.2 Å². The van der Waals surface area contributed by atoms with Gasteiger partial charge in [0.25, 0.3) is 15.9 Å². The highest BCUT2D eigenvalue weighted by atomic mass is 32.2. The Bertz CT molecular complexity index is 1710. The quantitative estimate of drug-likeness (QED) is 0.211. The fourth-order valence-electron chi connectivity index (χ4n) is 5.17. The van der Waals surface area contributed by atoms with Crippen LogP contribution >= 0.6 is 0 Å². The Morgan fingerprint density at radius 3 is 2.44 bits per heavy atom. The normalized spacial score (nSPS) is 14.5. The lowest BCUT2D eigenvalue weighted by Gasteiger charge is -2.23. The van der Waals surface area contributed by atoms with Gasteiger partial charge in [0.1, 0.15) is 12.4 Å². The average molecular weight is 577 g/mol. The second kappa shape index (κ2) is 12.4. The second-order valence-electron chi connectivity index (χ2n) is 9.21. The summed E-state index contributed by atoms with van der Waals surface area (Å²) in [5.74, 6) is 1.30. The van der Waals surface area contributed by atoms with E-state index in [0.29, 0.717) is 29.7 Å². The van der Waals surface area contributed by atoms with Crippen molar-refractivity contribution in [1.82, 2.24) is 4.57 Å². The number of esters is 1. The maximum Gasteiger partial charge on any atom is 0.338 e. The lowest BCUT2D eigenvalue weighted by molar-refractivity contribution is -0.670. The molecule has 1 aliphatic heterocycles. The predicted molar refractivity (Wildman–Crippen MR) is 159 cm³/mol. The molecule has 0 spiro atoms.